The molecular formula is C16H20BrNO5. The fourth-order valence-electron chi connectivity index (χ4n) is 2.28. The Bertz CT molecular complexity index is 570. The molecule has 0 atom stereocenters. The minimum atomic E-state index is -1.01. The molecule has 1 aliphatic rings. The van der Waals surface area contributed by atoms with Crippen molar-refractivity contribution in [1.82, 2.24) is 4.90 Å². The maximum Gasteiger partial charge on any atom is 0.328 e. The van der Waals surface area contributed by atoms with E-state index in [9.17, 15) is 4.79 Å². The first-order chi connectivity index (χ1) is 11.1. The van der Waals surface area contributed by atoms with Gasteiger partial charge < -0.3 is 19.3 Å². The Labute approximate surface area is 143 Å². The van der Waals surface area contributed by atoms with Gasteiger partial charge in [0.15, 0.2) is 11.5 Å². The average molecular weight is 386 g/mol. The molecule has 1 heterocycles. The second kappa shape index (κ2) is 8.90. The lowest BCUT2D eigenvalue weighted by molar-refractivity contribution is -0.131. The molecule has 0 radical (unpaired) electrons. The number of halogens is 1. The molecule has 0 saturated carbocycles. The third-order valence-electron chi connectivity index (χ3n) is 3.43. The average Bonchev–Trinajstić information content (AvgIpc) is 2.55. The predicted molar refractivity (Wildman–Crippen MR) is 90.1 cm³/mol. The lowest BCUT2D eigenvalue weighted by Crippen LogP contribution is -2.38. The summed E-state index contributed by atoms with van der Waals surface area (Å²) in [6.45, 7) is 4.55. The minimum absolute atomic E-state index is 0.492. The zero-order valence-electron chi connectivity index (χ0n) is 13.0. The fraction of sp³-hybridized carbons (Fsp3) is 0.438. The number of rotatable bonds is 7. The third-order valence-corrected chi connectivity index (χ3v) is 3.89. The van der Waals surface area contributed by atoms with E-state index in [2.05, 4.69) is 20.8 Å². The quantitative estimate of drug-likeness (QED) is 0.726. The van der Waals surface area contributed by atoms with E-state index in [0.29, 0.717) is 23.7 Å². The van der Waals surface area contributed by atoms with Crippen LogP contribution in [0, 0.1) is 0 Å². The lowest BCUT2D eigenvalue weighted by Gasteiger charge is -2.26. The van der Waals surface area contributed by atoms with Crippen LogP contribution < -0.4 is 9.47 Å². The molecule has 0 aliphatic carbocycles. The summed E-state index contributed by atoms with van der Waals surface area (Å²) in [6, 6.07) is 3.59. The Balaban J connectivity index is 2.09. The van der Waals surface area contributed by atoms with Gasteiger partial charge in [-0.25, -0.2) is 4.79 Å². The van der Waals surface area contributed by atoms with Gasteiger partial charge in [-0.3, -0.25) is 4.90 Å². The summed E-state index contributed by atoms with van der Waals surface area (Å²) in [5, 5.41) is 8.82. The molecule has 0 unspecified atom stereocenters. The number of benzene rings is 1. The van der Waals surface area contributed by atoms with Crippen LogP contribution in [0.15, 0.2) is 22.7 Å². The number of carbonyl (C=O) groups is 1. The number of ether oxygens (including phenoxy) is 3. The molecule has 1 N–H and O–H groups in total. The van der Waals surface area contributed by atoms with Crippen molar-refractivity contribution in [2.75, 3.05) is 46.6 Å². The lowest BCUT2D eigenvalue weighted by atomic mass is 10.1. The van der Waals surface area contributed by atoms with Crippen molar-refractivity contribution < 1.29 is 24.1 Å². The Morgan fingerprint density at radius 1 is 1.43 bits per heavy atom. The molecule has 0 bridgehead atoms. The van der Waals surface area contributed by atoms with Crippen molar-refractivity contribution in [3.8, 4) is 11.5 Å². The second-order valence-corrected chi connectivity index (χ2v) is 5.92. The van der Waals surface area contributed by atoms with Crippen LogP contribution in [0.1, 0.15) is 5.56 Å². The normalized spacial score (nSPS) is 15.7. The summed E-state index contributed by atoms with van der Waals surface area (Å²) in [5.74, 6) is 0.0936. The summed E-state index contributed by atoms with van der Waals surface area (Å²) < 4.78 is 17.3. The minimum Gasteiger partial charge on any atom is -0.493 e. The molecule has 0 aromatic heterocycles. The van der Waals surface area contributed by atoms with E-state index in [4.69, 9.17) is 19.3 Å². The summed E-state index contributed by atoms with van der Waals surface area (Å²) in [5.41, 5.74) is 0.653. The zero-order valence-corrected chi connectivity index (χ0v) is 14.5. The first-order valence-electron chi connectivity index (χ1n) is 7.31. The third kappa shape index (κ3) is 5.53. The smallest absolute Gasteiger partial charge is 0.328 e. The van der Waals surface area contributed by atoms with Crippen molar-refractivity contribution in [3.05, 3.63) is 28.2 Å². The Morgan fingerprint density at radius 3 is 2.83 bits per heavy atom. The van der Waals surface area contributed by atoms with Gasteiger partial charge in [-0.15, -0.1) is 0 Å². The molecule has 1 fully saturated rings. The molecule has 1 saturated heterocycles. The van der Waals surface area contributed by atoms with Gasteiger partial charge in [0.25, 0.3) is 0 Å². The van der Waals surface area contributed by atoms with Gasteiger partial charge in [-0.1, -0.05) is 15.9 Å². The van der Waals surface area contributed by atoms with Crippen molar-refractivity contribution in [1.29, 1.82) is 0 Å². The van der Waals surface area contributed by atoms with Crippen molar-refractivity contribution in [2.45, 2.75) is 0 Å². The summed E-state index contributed by atoms with van der Waals surface area (Å²) in [4.78, 5) is 13.0. The van der Waals surface area contributed by atoms with Crippen LogP contribution in [0.5, 0.6) is 11.5 Å². The first kappa shape index (κ1) is 17.8. The van der Waals surface area contributed by atoms with Crippen LogP contribution in [0.4, 0.5) is 0 Å². The number of methoxy groups -OCH3 is 1. The van der Waals surface area contributed by atoms with Gasteiger partial charge >= 0.3 is 5.97 Å². The molecule has 6 nitrogen and oxygen atoms in total. The van der Waals surface area contributed by atoms with Gasteiger partial charge in [0.2, 0.25) is 0 Å². The zero-order chi connectivity index (χ0) is 16.7. The molecular weight excluding hydrogens is 366 g/mol. The molecule has 126 valence electrons. The Morgan fingerprint density at radius 2 is 2.17 bits per heavy atom. The standard InChI is InChI=1S/C16H20BrNO5/c1-21-14-11-13(17)10-12(2-3-15(19)20)16(14)23-9-6-18-4-7-22-8-5-18/h2-3,10-11H,4-9H2,1H3,(H,19,20). The van der Waals surface area contributed by atoms with Crippen LogP contribution in [-0.4, -0.2) is 62.5 Å². The van der Waals surface area contributed by atoms with Crippen LogP contribution in [0.3, 0.4) is 0 Å². The summed E-state index contributed by atoms with van der Waals surface area (Å²) in [6.07, 6.45) is 2.58. The van der Waals surface area contributed by atoms with E-state index in [-0.39, 0.29) is 0 Å². The molecule has 0 amide bonds. The van der Waals surface area contributed by atoms with E-state index in [1.807, 2.05) is 0 Å². The summed E-state index contributed by atoms with van der Waals surface area (Å²) >= 11 is 3.39. The van der Waals surface area contributed by atoms with Gasteiger partial charge in [0, 0.05) is 35.7 Å². The van der Waals surface area contributed by atoms with Gasteiger partial charge in [0.05, 0.1) is 20.3 Å². The van der Waals surface area contributed by atoms with Crippen LogP contribution in [-0.2, 0) is 9.53 Å². The monoisotopic (exact) mass is 385 g/mol. The van der Waals surface area contributed by atoms with Crippen molar-refractivity contribution in [3.63, 3.8) is 0 Å². The number of nitrogens with zero attached hydrogens (tertiary/aromatic N) is 1. The Kier molecular flexibility index (Phi) is 6.88. The van der Waals surface area contributed by atoms with E-state index in [0.717, 1.165) is 43.4 Å². The number of hydrogen-bond donors (Lipinski definition) is 1. The topological polar surface area (TPSA) is 68.2 Å². The second-order valence-electron chi connectivity index (χ2n) is 5.00. The number of carboxylic acid groups (broad SMARTS) is 1. The molecule has 7 heteroatoms. The van der Waals surface area contributed by atoms with Crippen LogP contribution in [0.25, 0.3) is 6.08 Å². The predicted octanol–water partition coefficient (Wildman–Crippen LogP) is 2.27. The highest BCUT2D eigenvalue weighted by Gasteiger charge is 2.14. The number of carboxylic acids is 1. The van der Waals surface area contributed by atoms with E-state index >= 15 is 0 Å². The molecule has 23 heavy (non-hydrogen) atoms. The SMILES string of the molecule is COc1cc(Br)cc(C=CC(=O)O)c1OCCN1CCOCC1. The maximum atomic E-state index is 10.8. The highest BCUT2D eigenvalue weighted by molar-refractivity contribution is 9.10. The molecule has 1 aromatic carbocycles. The van der Waals surface area contributed by atoms with Crippen LogP contribution in [0.2, 0.25) is 0 Å². The van der Waals surface area contributed by atoms with Crippen molar-refractivity contribution >= 4 is 28.0 Å². The van der Waals surface area contributed by atoms with Gasteiger partial charge in [-0.2, -0.15) is 0 Å². The van der Waals surface area contributed by atoms with Gasteiger partial charge in [0.1, 0.15) is 6.61 Å². The number of aliphatic carboxylic acids is 1. The van der Waals surface area contributed by atoms with Crippen LogP contribution >= 0.6 is 15.9 Å². The van der Waals surface area contributed by atoms with Crippen molar-refractivity contribution in [2.24, 2.45) is 0 Å². The maximum absolute atomic E-state index is 10.8. The Hall–Kier alpha value is -1.57. The van der Waals surface area contributed by atoms with E-state index in [1.54, 1.807) is 19.2 Å². The summed E-state index contributed by atoms with van der Waals surface area (Å²) in [7, 11) is 1.56. The molecule has 2 rings (SSSR count). The number of hydrogen-bond acceptors (Lipinski definition) is 5. The van der Waals surface area contributed by atoms with E-state index in [1.165, 1.54) is 6.08 Å². The number of morpholine rings is 1. The molecule has 0 spiro atoms. The highest BCUT2D eigenvalue weighted by atomic mass is 79.9. The van der Waals surface area contributed by atoms with Gasteiger partial charge in [-0.05, 0) is 18.2 Å². The molecule has 1 aliphatic heterocycles. The first-order valence-corrected chi connectivity index (χ1v) is 8.11. The highest BCUT2D eigenvalue weighted by Crippen LogP contribution is 2.35. The van der Waals surface area contributed by atoms with E-state index < -0.39 is 5.97 Å². The molecule has 1 aromatic rings. The largest absolute Gasteiger partial charge is 0.493 e. The fourth-order valence-corrected chi connectivity index (χ4v) is 2.74.